The van der Waals surface area contributed by atoms with Crippen LogP contribution in [0.2, 0.25) is 10.0 Å². The van der Waals surface area contributed by atoms with Crippen molar-refractivity contribution in [2.24, 2.45) is 5.92 Å². The Balaban J connectivity index is 1.16. The third-order valence-electron chi connectivity index (χ3n) is 6.57. The first-order valence-electron chi connectivity index (χ1n) is 11.7. The molecule has 2 saturated heterocycles. The largest absolute Gasteiger partial charge is 0.368 e. The maximum atomic E-state index is 13.3. The number of hydrogen-bond acceptors (Lipinski definition) is 6. The lowest BCUT2D eigenvalue weighted by atomic mass is 9.96. The molecule has 34 heavy (non-hydrogen) atoms. The van der Waals surface area contributed by atoms with E-state index >= 15 is 0 Å². The Kier molecular flexibility index (Phi) is 7.04. The number of piperazine rings is 1. The smallest absolute Gasteiger partial charge is 0.241 e. The van der Waals surface area contributed by atoms with Gasteiger partial charge in [0.25, 0.3) is 0 Å². The number of piperidine rings is 1. The van der Waals surface area contributed by atoms with Crippen molar-refractivity contribution in [2.75, 3.05) is 44.2 Å². The maximum absolute atomic E-state index is 13.3. The predicted molar refractivity (Wildman–Crippen MR) is 133 cm³/mol. The van der Waals surface area contributed by atoms with Gasteiger partial charge in [0.1, 0.15) is 0 Å². The summed E-state index contributed by atoms with van der Waals surface area (Å²) >= 11 is 12.3. The first-order chi connectivity index (χ1) is 16.6. The van der Waals surface area contributed by atoms with Gasteiger partial charge in [-0.2, -0.15) is 4.98 Å². The summed E-state index contributed by atoms with van der Waals surface area (Å²) < 4.78 is 5.48. The highest BCUT2D eigenvalue weighted by molar-refractivity contribution is 6.36. The van der Waals surface area contributed by atoms with Crippen molar-refractivity contribution in [3.63, 3.8) is 0 Å². The SMILES string of the molecule is O=C(C1CCCN(Cc2nc(-c3ccc(Cl)cc3Cl)no2)C1)N1CCN(c2ccccc2)CC1. The van der Waals surface area contributed by atoms with Crippen molar-refractivity contribution in [3.8, 4) is 11.4 Å². The highest BCUT2D eigenvalue weighted by Crippen LogP contribution is 2.29. The van der Waals surface area contributed by atoms with Gasteiger partial charge in [-0.1, -0.05) is 46.6 Å². The van der Waals surface area contributed by atoms with Gasteiger partial charge in [-0.05, 0) is 49.7 Å². The van der Waals surface area contributed by atoms with Gasteiger partial charge in [0.2, 0.25) is 17.6 Å². The molecule has 0 bridgehead atoms. The molecule has 0 aliphatic carbocycles. The molecule has 2 fully saturated rings. The van der Waals surface area contributed by atoms with Crippen LogP contribution in [-0.2, 0) is 11.3 Å². The lowest BCUT2D eigenvalue weighted by Crippen LogP contribution is -2.52. The van der Waals surface area contributed by atoms with Crippen LogP contribution in [0.25, 0.3) is 11.4 Å². The van der Waals surface area contributed by atoms with Crippen LogP contribution in [-0.4, -0.2) is 65.1 Å². The number of carbonyl (C=O) groups excluding carboxylic acids is 1. The lowest BCUT2D eigenvalue weighted by molar-refractivity contribution is -0.137. The van der Waals surface area contributed by atoms with E-state index in [0.29, 0.717) is 40.4 Å². The van der Waals surface area contributed by atoms with Crippen LogP contribution in [0.4, 0.5) is 5.69 Å². The molecule has 0 N–H and O–H groups in total. The number of rotatable bonds is 5. The summed E-state index contributed by atoms with van der Waals surface area (Å²) in [6.45, 7) is 5.39. The molecule has 0 saturated carbocycles. The third kappa shape index (κ3) is 5.22. The van der Waals surface area contributed by atoms with E-state index in [9.17, 15) is 4.79 Å². The van der Waals surface area contributed by atoms with Crippen molar-refractivity contribution < 1.29 is 9.32 Å². The van der Waals surface area contributed by atoms with Crippen molar-refractivity contribution in [3.05, 3.63) is 64.5 Å². The van der Waals surface area contributed by atoms with Gasteiger partial charge in [0.15, 0.2) is 0 Å². The average molecular weight is 500 g/mol. The zero-order valence-corrected chi connectivity index (χ0v) is 20.4. The molecule has 3 aromatic rings. The predicted octanol–water partition coefficient (Wildman–Crippen LogP) is 4.60. The molecule has 9 heteroatoms. The number of likely N-dealkylation sites (tertiary alicyclic amines) is 1. The Labute approximate surface area is 209 Å². The fourth-order valence-corrected chi connectivity index (χ4v) is 5.27. The van der Waals surface area contributed by atoms with Crippen LogP contribution >= 0.6 is 23.2 Å². The van der Waals surface area contributed by atoms with Crippen LogP contribution < -0.4 is 4.90 Å². The van der Waals surface area contributed by atoms with Gasteiger partial charge in [-0.25, -0.2) is 0 Å². The second-order valence-electron chi connectivity index (χ2n) is 8.86. The summed E-state index contributed by atoms with van der Waals surface area (Å²) in [5.74, 6) is 1.23. The highest BCUT2D eigenvalue weighted by Gasteiger charge is 2.31. The number of benzene rings is 2. The van der Waals surface area contributed by atoms with Gasteiger partial charge in [0.05, 0.1) is 17.5 Å². The molecular formula is C25H27Cl2N5O2. The number of anilines is 1. The van der Waals surface area contributed by atoms with E-state index in [2.05, 4.69) is 44.2 Å². The maximum Gasteiger partial charge on any atom is 0.241 e. The fraction of sp³-hybridized carbons (Fsp3) is 0.400. The topological polar surface area (TPSA) is 65.7 Å². The quantitative estimate of drug-likeness (QED) is 0.510. The van der Waals surface area contributed by atoms with E-state index in [4.69, 9.17) is 27.7 Å². The molecule has 1 amide bonds. The van der Waals surface area contributed by atoms with Gasteiger partial charge in [-0.15, -0.1) is 0 Å². The van der Waals surface area contributed by atoms with Crippen LogP contribution in [0.5, 0.6) is 0 Å². The minimum Gasteiger partial charge on any atom is -0.368 e. The number of aromatic nitrogens is 2. The summed E-state index contributed by atoms with van der Waals surface area (Å²) in [5.41, 5.74) is 1.90. The molecule has 178 valence electrons. The molecule has 1 atom stereocenters. The van der Waals surface area contributed by atoms with E-state index in [1.165, 1.54) is 5.69 Å². The van der Waals surface area contributed by atoms with Gasteiger partial charge >= 0.3 is 0 Å². The molecular weight excluding hydrogens is 473 g/mol. The monoisotopic (exact) mass is 499 g/mol. The summed E-state index contributed by atoms with van der Waals surface area (Å²) in [7, 11) is 0. The second-order valence-corrected chi connectivity index (χ2v) is 9.70. The van der Waals surface area contributed by atoms with E-state index < -0.39 is 0 Å². The summed E-state index contributed by atoms with van der Waals surface area (Å²) in [4.78, 5) is 24.4. The Hall–Kier alpha value is -2.61. The number of halogens is 2. The zero-order chi connectivity index (χ0) is 23.5. The minimum atomic E-state index is 0.00475. The van der Waals surface area contributed by atoms with Crippen LogP contribution in [0.1, 0.15) is 18.7 Å². The average Bonchev–Trinajstić information content (AvgIpc) is 3.32. The Morgan fingerprint density at radius 3 is 2.59 bits per heavy atom. The summed E-state index contributed by atoms with van der Waals surface area (Å²) in [6.07, 6.45) is 1.90. The molecule has 7 nitrogen and oxygen atoms in total. The van der Waals surface area contributed by atoms with Crippen molar-refractivity contribution in [1.29, 1.82) is 0 Å². The molecule has 2 aliphatic heterocycles. The van der Waals surface area contributed by atoms with E-state index in [1.54, 1.807) is 18.2 Å². The molecule has 3 heterocycles. The van der Waals surface area contributed by atoms with Crippen molar-refractivity contribution in [2.45, 2.75) is 19.4 Å². The molecule has 5 rings (SSSR count). The highest BCUT2D eigenvalue weighted by atomic mass is 35.5. The molecule has 2 aromatic carbocycles. The summed E-state index contributed by atoms with van der Waals surface area (Å²) in [6, 6.07) is 15.6. The molecule has 0 radical (unpaired) electrons. The first kappa shape index (κ1) is 23.1. The Morgan fingerprint density at radius 1 is 1.03 bits per heavy atom. The Morgan fingerprint density at radius 2 is 1.82 bits per heavy atom. The number of para-hydroxylation sites is 1. The van der Waals surface area contributed by atoms with Crippen molar-refractivity contribution >= 4 is 34.8 Å². The van der Waals surface area contributed by atoms with Gasteiger partial charge < -0.3 is 14.3 Å². The number of carbonyl (C=O) groups is 1. The number of nitrogens with zero attached hydrogens (tertiary/aromatic N) is 5. The van der Waals surface area contributed by atoms with Gasteiger partial charge in [0, 0.05) is 49.0 Å². The van der Waals surface area contributed by atoms with E-state index in [0.717, 1.165) is 45.6 Å². The number of hydrogen-bond donors (Lipinski definition) is 0. The standard InChI is InChI=1S/C25H27Cl2N5O2/c26-19-8-9-21(22(27)15-19)24-28-23(34-29-24)17-30-10-4-5-18(16-30)25(33)32-13-11-31(12-14-32)20-6-2-1-3-7-20/h1-3,6-9,15,18H,4-5,10-14,16-17H2. The van der Waals surface area contributed by atoms with E-state index in [1.807, 2.05) is 11.0 Å². The zero-order valence-electron chi connectivity index (χ0n) is 18.9. The Bertz CT molecular complexity index is 1130. The van der Waals surface area contributed by atoms with Crippen LogP contribution in [0, 0.1) is 5.92 Å². The second kappa shape index (κ2) is 10.3. The van der Waals surface area contributed by atoms with Gasteiger partial charge in [-0.3, -0.25) is 9.69 Å². The molecule has 2 aliphatic rings. The lowest BCUT2D eigenvalue weighted by Gasteiger charge is -2.39. The third-order valence-corrected chi connectivity index (χ3v) is 7.11. The molecule has 1 aromatic heterocycles. The molecule has 0 spiro atoms. The van der Waals surface area contributed by atoms with Crippen LogP contribution in [0.15, 0.2) is 53.1 Å². The van der Waals surface area contributed by atoms with Crippen molar-refractivity contribution in [1.82, 2.24) is 19.9 Å². The molecule has 1 unspecified atom stereocenters. The minimum absolute atomic E-state index is 0.00475. The number of amides is 1. The first-order valence-corrected chi connectivity index (χ1v) is 12.4. The normalized spacial score (nSPS) is 19.4. The fourth-order valence-electron chi connectivity index (χ4n) is 4.77. The summed E-state index contributed by atoms with van der Waals surface area (Å²) in [5, 5.41) is 5.12. The van der Waals surface area contributed by atoms with E-state index in [-0.39, 0.29) is 11.8 Å². The van der Waals surface area contributed by atoms with Crippen LogP contribution in [0.3, 0.4) is 0 Å².